The molecule has 10 aromatic rings. The molecule has 5 nitrogen and oxygen atoms in total. The summed E-state index contributed by atoms with van der Waals surface area (Å²) in [7, 11) is 0. The molecular formula is C39H21N3O2S. The van der Waals surface area contributed by atoms with Gasteiger partial charge in [0.15, 0.2) is 17.5 Å². The van der Waals surface area contributed by atoms with Crippen LogP contribution in [0, 0.1) is 0 Å². The summed E-state index contributed by atoms with van der Waals surface area (Å²) < 4.78 is 15.0. The van der Waals surface area contributed by atoms with Gasteiger partial charge in [-0.15, -0.1) is 11.3 Å². The lowest BCUT2D eigenvalue weighted by atomic mass is 10.0. The molecular weight excluding hydrogens is 575 g/mol. The fraction of sp³-hybridized carbons (Fsp3) is 0. The molecule has 0 unspecified atom stereocenters. The maximum atomic E-state index is 6.41. The zero-order chi connectivity index (χ0) is 29.5. The number of hydrogen-bond donors (Lipinski definition) is 0. The van der Waals surface area contributed by atoms with E-state index in [0.717, 1.165) is 65.3 Å². The normalized spacial score (nSPS) is 12.0. The van der Waals surface area contributed by atoms with Gasteiger partial charge in [-0.1, -0.05) is 91.0 Å². The minimum absolute atomic E-state index is 0.599. The van der Waals surface area contributed by atoms with E-state index in [4.69, 9.17) is 23.8 Å². The molecule has 10 rings (SSSR count). The molecule has 0 N–H and O–H groups in total. The highest BCUT2D eigenvalue weighted by atomic mass is 32.1. The van der Waals surface area contributed by atoms with Crippen LogP contribution in [0.25, 0.3) is 98.2 Å². The van der Waals surface area contributed by atoms with Gasteiger partial charge in [-0.05, 0) is 30.3 Å². The average Bonchev–Trinajstić information content (AvgIpc) is 3.78. The number of hydrogen-bond acceptors (Lipinski definition) is 6. The van der Waals surface area contributed by atoms with Crippen molar-refractivity contribution in [3.63, 3.8) is 0 Å². The van der Waals surface area contributed by atoms with Crippen molar-refractivity contribution in [3.05, 3.63) is 127 Å². The number of thiophene rings is 1. The van der Waals surface area contributed by atoms with E-state index in [1.165, 1.54) is 15.5 Å². The van der Waals surface area contributed by atoms with Crippen molar-refractivity contribution in [1.29, 1.82) is 0 Å². The summed E-state index contributed by atoms with van der Waals surface area (Å²) in [6.07, 6.45) is 0. The fourth-order valence-electron chi connectivity index (χ4n) is 6.49. The van der Waals surface area contributed by atoms with Gasteiger partial charge >= 0.3 is 0 Å². The second-order valence-corrected chi connectivity index (χ2v) is 12.2. The summed E-state index contributed by atoms with van der Waals surface area (Å²) >= 11 is 1.77. The third-order valence-electron chi connectivity index (χ3n) is 8.55. The van der Waals surface area contributed by atoms with Gasteiger partial charge in [0, 0.05) is 64.5 Å². The lowest BCUT2D eigenvalue weighted by Gasteiger charge is -2.10. The Kier molecular flexibility index (Phi) is 5.09. The fourth-order valence-corrected chi connectivity index (χ4v) is 7.70. The van der Waals surface area contributed by atoms with Gasteiger partial charge in [-0.3, -0.25) is 0 Å². The highest BCUT2D eigenvalue weighted by molar-refractivity contribution is 7.26. The van der Waals surface area contributed by atoms with Crippen molar-refractivity contribution in [1.82, 2.24) is 15.0 Å². The maximum absolute atomic E-state index is 6.41. The smallest absolute Gasteiger partial charge is 0.165 e. The van der Waals surface area contributed by atoms with Gasteiger partial charge < -0.3 is 8.83 Å². The van der Waals surface area contributed by atoms with Crippen LogP contribution in [0.3, 0.4) is 0 Å². The molecule has 0 radical (unpaired) electrons. The van der Waals surface area contributed by atoms with Gasteiger partial charge in [0.05, 0.1) is 0 Å². The molecule has 0 saturated heterocycles. The first-order valence-corrected chi connectivity index (χ1v) is 15.6. The lowest BCUT2D eigenvalue weighted by molar-refractivity contribution is 0.656. The van der Waals surface area contributed by atoms with Crippen LogP contribution in [0.4, 0.5) is 0 Å². The molecule has 0 amide bonds. The molecule has 4 heterocycles. The summed E-state index contributed by atoms with van der Waals surface area (Å²) in [4.78, 5) is 15.3. The van der Waals surface area contributed by atoms with Gasteiger partial charge in [-0.25, -0.2) is 15.0 Å². The molecule has 0 bridgehead atoms. The van der Waals surface area contributed by atoms with E-state index in [0.29, 0.717) is 17.5 Å². The molecule has 0 atom stereocenters. The molecule has 0 spiro atoms. The minimum Gasteiger partial charge on any atom is -0.456 e. The Morgan fingerprint density at radius 2 is 1.07 bits per heavy atom. The number of benzene rings is 6. The standard InChI is InChI=1S/C39H21N3O2S/c1-2-10-22(11-3-1)37-40-38(42-39(41-37)27-16-8-14-25-24-13-5-7-19-34(24)45-36(25)27)26-15-9-18-31-35(26)29-20-28-23-12-4-6-17-30(23)43-32(28)21-33(29)44-31/h1-21H. The van der Waals surface area contributed by atoms with Crippen LogP contribution in [0.2, 0.25) is 0 Å². The van der Waals surface area contributed by atoms with Crippen molar-refractivity contribution < 1.29 is 8.83 Å². The summed E-state index contributed by atoms with van der Waals surface area (Å²) in [6, 6.07) is 43.3. The van der Waals surface area contributed by atoms with E-state index in [1.807, 2.05) is 66.7 Å². The second kappa shape index (κ2) is 9.32. The molecule has 0 aliphatic rings. The molecule has 0 aliphatic heterocycles. The summed E-state index contributed by atoms with van der Waals surface area (Å²) in [5.74, 6) is 1.87. The number of fused-ring (bicyclic) bond motifs is 9. The first-order valence-electron chi connectivity index (χ1n) is 14.8. The molecule has 0 saturated carbocycles. The number of aromatic nitrogens is 3. The van der Waals surface area contributed by atoms with Crippen LogP contribution >= 0.6 is 11.3 Å². The lowest BCUT2D eigenvalue weighted by Crippen LogP contribution is -2.00. The van der Waals surface area contributed by atoms with Gasteiger partial charge in [-0.2, -0.15) is 0 Å². The first-order chi connectivity index (χ1) is 22.3. The maximum Gasteiger partial charge on any atom is 0.165 e. The number of rotatable bonds is 3. The van der Waals surface area contributed by atoms with Gasteiger partial charge in [0.25, 0.3) is 0 Å². The van der Waals surface area contributed by atoms with Crippen LogP contribution < -0.4 is 0 Å². The van der Waals surface area contributed by atoms with Gasteiger partial charge in [0.1, 0.15) is 22.3 Å². The van der Waals surface area contributed by atoms with E-state index in [9.17, 15) is 0 Å². The van der Waals surface area contributed by atoms with Crippen LogP contribution in [0.15, 0.2) is 136 Å². The first kappa shape index (κ1) is 24.6. The largest absolute Gasteiger partial charge is 0.456 e. The number of nitrogens with zero attached hydrogens (tertiary/aromatic N) is 3. The topological polar surface area (TPSA) is 65.0 Å². The Morgan fingerprint density at radius 3 is 1.98 bits per heavy atom. The third-order valence-corrected chi connectivity index (χ3v) is 9.77. The van der Waals surface area contributed by atoms with Crippen LogP contribution in [-0.4, -0.2) is 15.0 Å². The minimum atomic E-state index is 0.599. The quantitative estimate of drug-likeness (QED) is 0.203. The highest BCUT2D eigenvalue weighted by Gasteiger charge is 2.20. The predicted octanol–water partition coefficient (Wildman–Crippen LogP) is 11.0. The summed E-state index contributed by atoms with van der Waals surface area (Å²) in [6.45, 7) is 0. The highest BCUT2D eigenvalue weighted by Crippen LogP contribution is 2.42. The van der Waals surface area contributed by atoms with Crippen LogP contribution in [0.1, 0.15) is 0 Å². The van der Waals surface area contributed by atoms with E-state index in [1.54, 1.807) is 11.3 Å². The Balaban J connectivity index is 1.27. The summed E-state index contributed by atoms with van der Waals surface area (Å²) in [5.41, 5.74) is 6.00. The second-order valence-electron chi connectivity index (χ2n) is 11.2. The van der Waals surface area contributed by atoms with Gasteiger partial charge in [0.2, 0.25) is 0 Å². The Labute approximate surface area is 260 Å². The van der Waals surface area contributed by atoms with E-state index in [-0.39, 0.29) is 0 Å². The van der Waals surface area contributed by atoms with Crippen molar-refractivity contribution in [2.45, 2.75) is 0 Å². The molecule has 6 aromatic carbocycles. The molecule has 210 valence electrons. The monoisotopic (exact) mass is 595 g/mol. The summed E-state index contributed by atoms with van der Waals surface area (Å²) in [5, 5.41) is 6.53. The van der Waals surface area contributed by atoms with E-state index in [2.05, 4.69) is 60.7 Å². The van der Waals surface area contributed by atoms with E-state index >= 15 is 0 Å². The molecule has 45 heavy (non-hydrogen) atoms. The van der Waals surface area contributed by atoms with E-state index < -0.39 is 0 Å². The van der Waals surface area contributed by atoms with Crippen molar-refractivity contribution in [2.24, 2.45) is 0 Å². The van der Waals surface area contributed by atoms with Crippen molar-refractivity contribution in [2.75, 3.05) is 0 Å². The zero-order valence-corrected chi connectivity index (χ0v) is 24.5. The number of furan rings is 2. The third kappa shape index (κ3) is 3.70. The zero-order valence-electron chi connectivity index (χ0n) is 23.7. The predicted molar refractivity (Wildman–Crippen MR) is 184 cm³/mol. The molecule has 6 heteroatoms. The average molecular weight is 596 g/mol. The van der Waals surface area contributed by atoms with Crippen molar-refractivity contribution >= 4 is 75.4 Å². The van der Waals surface area contributed by atoms with Crippen LogP contribution in [-0.2, 0) is 0 Å². The Hall–Kier alpha value is -5.85. The molecule has 4 aromatic heterocycles. The Morgan fingerprint density at radius 1 is 0.422 bits per heavy atom. The molecule has 0 aliphatic carbocycles. The molecule has 0 fully saturated rings. The Bertz CT molecular complexity index is 2770. The van der Waals surface area contributed by atoms with Crippen LogP contribution in [0.5, 0.6) is 0 Å². The SMILES string of the molecule is c1ccc(-c2nc(-c3cccc4c3sc3ccccc34)nc(-c3cccc4oc5cc6oc7ccccc7c6cc5c34)n2)cc1. The number of para-hydroxylation sites is 1. The van der Waals surface area contributed by atoms with Crippen molar-refractivity contribution in [3.8, 4) is 34.2 Å².